The molecule has 1 heterocycles. The third-order valence-electron chi connectivity index (χ3n) is 2.89. The second-order valence-corrected chi connectivity index (χ2v) is 4.36. The van der Waals surface area contributed by atoms with Gasteiger partial charge in [-0.2, -0.15) is 0 Å². The minimum atomic E-state index is -0.226. The van der Waals surface area contributed by atoms with E-state index in [9.17, 15) is 4.39 Å². The summed E-state index contributed by atoms with van der Waals surface area (Å²) in [6.07, 6.45) is 2.58. The highest BCUT2D eigenvalue weighted by Gasteiger charge is 2.10. The third kappa shape index (κ3) is 3.24. The molecule has 2 nitrogen and oxygen atoms in total. The predicted octanol–water partition coefficient (Wildman–Crippen LogP) is 0.559. The molecule has 0 aromatic heterocycles. The van der Waals surface area contributed by atoms with E-state index >= 15 is 0 Å². The van der Waals surface area contributed by atoms with E-state index in [1.807, 2.05) is 13.9 Å². The third-order valence-corrected chi connectivity index (χ3v) is 2.89. The van der Waals surface area contributed by atoms with Crippen molar-refractivity contribution >= 4 is 13.3 Å². The molecule has 1 aliphatic heterocycles. The number of hydrogen-bond acceptors (Lipinski definition) is 2. The Labute approximate surface area is 96.8 Å². The number of ether oxygens (including phenoxy) is 1. The molecule has 0 bridgehead atoms. The number of rotatable bonds is 4. The van der Waals surface area contributed by atoms with Crippen molar-refractivity contribution in [2.24, 2.45) is 0 Å². The molecule has 1 saturated heterocycles. The van der Waals surface area contributed by atoms with E-state index in [1.165, 1.54) is 38.1 Å². The van der Waals surface area contributed by atoms with Crippen LogP contribution < -0.4 is 10.2 Å². The van der Waals surface area contributed by atoms with E-state index in [1.54, 1.807) is 0 Å². The van der Waals surface area contributed by atoms with Gasteiger partial charge in [0.15, 0.2) is 0 Å². The van der Waals surface area contributed by atoms with Crippen molar-refractivity contribution in [2.75, 3.05) is 26.2 Å². The lowest BCUT2D eigenvalue weighted by Crippen LogP contribution is -2.25. The first-order chi connectivity index (χ1) is 7.74. The van der Waals surface area contributed by atoms with Gasteiger partial charge < -0.3 is 4.74 Å². The van der Waals surface area contributed by atoms with Gasteiger partial charge in [0.05, 0.1) is 0 Å². The monoisotopic (exact) mass is 221 g/mol. The number of hydrogen-bond donors (Lipinski definition) is 0. The quantitative estimate of drug-likeness (QED) is 0.689. The van der Waals surface area contributed by atoms with Crippen LogP contribution in [0.25, 0.3) is 0 Å². The van der Waals surface area contributed by atoms with Crippen molar-refractivity contribution in [3.8, 4) is 5.75 Å². The first kappa shape index (κ1) is 11.5. The highest BCUT2D eigenvalue weighted by molar-refractivity contribution is 6.32. The van der Waals surface area contributed by atoms with Crippen LogP contribution in [0.5, 0.6) is 5.75 Å². The molecule has 0 radical (unpaired) electrons. The van der Waals surface area contributed by atoms with Crippen LogP contribution in [-0.2, 0) is 0 Å². The fourth-order valence-electron chi connectivity index (χ4n) is 2.08. The normalized spacial score (nSPS) is 16.6. The SMILES string of the molecule is Bc1cc(F)cc(OCCN2CCCC2)c1. The number of likely N-dealkylation sites (tertiary alicyclic amines) is 1. The molecule has 0 amide bonds. The van der Waals surface area contributed by atoms with Crippen LogP contribution in [-0.4, -0.2) is 39.0 Å². The van der Waals surface area contributed by atoms with Crippen molar-refractivity contribution in [1.29, 1.82) is 0 Å². The van der Waals surface area contributed by atoms with E-state index < -0.39 is 0 Å². The van der Waals surface area contributed by atoms with Crippen molar-refractivity contribution in [2.45, 2.75) is 12.8 Å². The Bertz CT molecular complexity index is 333. The molecule has 0 spiro atoms. The van der Waals surface area contributed by atoms with Gasteiger partial charge in [0, 0.05) is 12.6 Å². The summed E-state index contributed by atoms with van der Waals surface area (Å²) in [5.74, 6) is 0.410. The van der Waals surface area contributed by atoms with Gasteiger partial charge in [0.25, 0.3) is 0 Å². The molecule has 0 N–H and O–H groups in total. The highest BCUT2D eigenvalue weighted by Crippen LogP contribution is 2.11. The zero-order chi connectivity index (χ0) is 11.4. The van der Waals surface area contributed by atoms with Gasteiger partial charge in [0.2, 0.25) is 0 Å². The Morgan fingerprint density at radius 1 is 1.25 bits per heavy atom. The highest BCUT2D eigenvalue weighted by atomic mass is 19.1. The van der Waals surface area contributed by atoms with Gasteiger partial charge in [0.1, 0.15) is 26.0 Å². The fraction of sp³-hybridized carbons (Fsp3) is 0.500. The molecular weight excluding hydrogens is 204 g/mol. The van der Waals surface area contributed by atoms with Gasteiger partial charge in [-0.05, 0) is 38.1 Å². The molecule has 2 rings (SSSR count). The molecule has 1 aromatic carbocycles. The molecule has 16 heavy (non-hydrogen) atoms. The molecule has 1 aromatic rings. The number of nitrogens with zero attached hydrogens (tertiary/aromatic N) is 1. The lowest BCUT2D eigenvalue weighted by Gasteiger charge is -2.15. The van der Waals surface area contributed by atoms with Crippen molar-refractivity contribution in [3.63, 3.8) is 0 Å². The Hall–Kier alpha value is -1.03. The minimum absolute atomic E-state index is 0.226. The fourth-order valence-corrected chi connectivity index (χ4v) is 2.08. The summed E-state index contributed by atoms with van der Waals surface area (Å²) in [6, 6.07) is 4.82. The summed E-state index contributed by atoms with van der Waals surface area (Å²) >= 11 is 0. The summed E-state index contributed by atoms with van der Waals surface area (Å²) in [6.45, 7) is 3.93. The van der Waals surface area contributed by atoms with Crippen LogP contribution in [0.3, 0.4) is 0 Å². The molecular formula is C12H17BFNO. The average Bonchev–Trinajstić information content (AvgIpc) is 2.69. The van der Waals surface area contributed by atoms with Gasteiger partial charge >= 0.3 is 0 Å². The Kier molecular flexibility index (Phi) is 3.83. The van der Waals surface area contributed by atoms with Crippen molar-refractivity contribution in [3.05, 3.63) is 24.0 Å². The maximum atomic E-state index is 13.1. The second kappa shape index (κ2) is 5.35. The van der Waals surface area contributed by atoms with Crippen molar-refractivity contribution < 1.29 is 9.13 Å². The van der Waals surface area contributed by atoms with Gasteiger partial charge in [-0.15, -0.1) is 0 Å². The van der Waals surface area contributed by atoms with Crippen LogP contribution in [0.1, 0.15) is 12.8 Å². The van der Waals surface area contributed by atoms with Crippen LogP contribution in [0.4, 0.5) is 4.39 Å². The summed E-state index contributed by atoms with van der Waals surface area (Å²) in [7, 11) is 1.87. The average molecular weight is 221 g/mol. The molecule has 0 atom stereocenters. The lowest BCUT2D eigenvalue weighted by atomic mass is 9.96. The number of halogens is 1. The first-order valence-corrected chi connectivity index (χ1v) is 5.86. The molecule has 0 saturated carbocycles. The topological polar surface area (TPSA) is 12.5 Å². The maximum Gasteiger partial charge on any atom is 0.139 e. The van der Waals surface area contributed by atoms with E-state index in [2.05, 4.69) is 4.90 Å². The zero-order valence-corrected chi connectivity index (χ0v) is 9.71. The zero-order valence-electron chi connectivity index (χ0n) is 9.71. The van der Waals surface area contributed by atoms with Gasteiger partial charge in [-0.25, -0.2) is 4.39 Å². The number of benzene rings is 1. The van der Waals surface area contributed by atoms with Crippen LogP contribution in [0.2, 0.25) is 0 Å². The van der Waals surface area contributed by atoms with Gasteiger partial charge in [-0.3, -0.25) is 4.90 Å². The molecule has 4 heteroatoms. The molecule has 0 unspecified atom stereocenters. The predicted molar refractivity (Wildman–Crippen MR) is 65.7 cm³/mol. The Balaban J connectivity index is 1.80. The maximum absolute atomic E-state index is 13.1. The molecule has 86 valence electrons. The van der Waals surface area contributed by atoms with Crippen molar-refractivity contribution in [1.82, 2.24) is 4.90 Å². The standard InChI is InChI=1S/C12H17BFNO/c13-10-7-11(14)9-12(8-10)16-6-5-15-3-1-2-4-15/h7-9H,1-6,13H2. The molecule has 0 aliphatic carbocycles. The Morgan fingerprint density at radius 2 is 2.00 bits per heavy atom. The largest absolute Gasteiger partial charge is 0.492 e. The lowest BCUT2D eigenvalue weighted by molar-refractivity contribution is 0.237. The van der Waals surface area contributed by atoms with E-state index in [-0.39, 0.29) is 5.82 Å². The summed E-state index contributed by atoms with van der Waals surface area (Å²) in [5.41, 5.74) is 0.899. The molecule has 1 aliphatic rings. The Morgan fingerprint density at radius 3 is 2.69 bits per heavy atom. The van der Waals surface area contributed by atoms with Crippen LogP contribution in [0, 0.1) is 5.82 Å². The molecule has 1 fully saturated rings. The summed E-state index contributed by atoms with van der Waals surface area (Å²) in [5, 5.41) is 0. The van der Waals surface area contributed by atoms with Crippen LogP contribution in [0.15, 0.2) is 18.2 Å². The minimum Gasteiger partial charge on any atom is -0.492 e. The smallest absolute Gasteiger partial charge is 0.139 e. The van der Waals surface area contributed by atoms with E-state index in [4.69, 9.17) is 4.74 Å². The summed E-state index contributed by atoms with van der Waals surface area (Å²) in [4.78, 5) is 2.38. The van der Waals surface area contributed by atoms with E-state index in [0.29, 0.717) is 12.4 Å². The van der Waals surface area contributed by atoms with E-state index in [0.717, 1.165) is 12.0 Å². The van der Waals surface area contributed by atoms with Gasteiger partial charge in [-0.1, -0.05) is 5.46 Å². The first-order valence-electron chi connectivity index (χ1n) is 5.86. The summed E-state index contributed by atoms with van der Waals surface area (Å²) < 4.78 is 18.6. The second-order valence-electron chi connectivity index (χ2n) is 4.36. The van der Waals surface area contributed by atoms with Crippen LogP contribution >= 0.6 is 0 Å².